The van der Waals surface area contributed by atoms with Gasteiger partial charge >= 0.3 is 0 Å². The summed E-state index contributed by atoms with van der Waals surface area (Å²) < 4.78 is 31.5. The van der Waals surface area contributed by atoms with Crippen LogP contribution in [0.3, 0.4) is 0 Å². The molecule has 0 radical (unpaired) electrons. The molecule has 4 rings (SSSR count). The lowest BCUT2D eigenvalue weighted by Gasteiger charge is -2.39. The second kappa shape index (κ2) is 7.08. The van der Waals surface area contributed by atoms with Crippen LogP contribution in [-0.2, 0) is 19.9 Å². The minimum Gasteiger partial charge on any atom is -0.382 e. The first-order valence-corrected chi connectivity index (χ1v) is 10.6. The molecule has 0 aromatic heterocycles. The van der Waals surface area contributed by atoms with Crippen molar-refractivity contribution in [3.05, 3.63) is 78.4 Å². The van der Waals surface area contributed by atoms with Crippen LogP contribution in [0.25, 0.3) is 10.8 Å². The Hall–Kier alpha value is -2.21. The summed E-state index contributed by atoms with van der Waals surface area (Å²) in [5, 5.41) is 13.1. The zero-order chi connectivity index (χ0) is 18.9. The molecule has 0 saturated heterocycles. The van der Waals surface area contributed by atoms with E-state index in [-0.39, 0.29) is 4.90 Å². The van der Waals surface area contributed by atoms with Gasteiger partial charge in [-0.25, -0.2) is 0 Å². The highest BCUT2D eigenvalue weighted by atomic mass is 32.2. The van der Waals surface area contributed by atoms with Gasteiger partial charge in [0.15, 0.2) is 0 Å². The molecule has 140 valence electrons. The van der Waals surface area contributed by atoms with Crippen LogP contribution in [0, 0.1) is 0 Å². The van der Waals surface area contributed by atoms with Crippen LogP contribution >= 0.6 is 0 Å². The van der Waals surface area contributed by atoms with E-state index < -0.39 is 21.8 Å². The second-order valence-electron chi connectivity index (χ2n) is 7.08. The quantitative estimate of drug-likeness (QED) is 0.681. The topological polar surface area (TPSA) is 63.6 Å². The Morgan fingerprint density at radius 3 is 2.37 bits per heavy atom. The minimum absolute atomic E-state index is 0.113. The predicted octanol–water partition coefficient (Wildman–Crippen LogP) is 4.38. The monoisotopic (exact) mass is 382 g/mol. The SMILES string of the molecule is O=S(=O)(O[C@@H]1CCCC[C@@]1(O)c1ccccc1)c1ccc2ccccc2c1. The molecule has 3 aromatic rings. The number of hydrogen-bond donors (Lipinski definition) is 1. The summed E-state index contributed by atoms with van der Waals surface area (Å²) in [6.07, 6.45) is 1.84. The van der Waals surface area contributed by atoms with Crippen LogP contribution in [0.1, 0.15) is 31.2 Å². The average Bonchev–Trinajstić information content (AvgIpc) is 2.70. The maximum absolute atomic E-state index is 12.9. The van der Waals surface area contributed by atoms with Gasteiger partial charge in [0.05, 0.1) is 4.90 Å². The Morgan fingerprint density at radius 1 is 0.889 bits per heavy atom. The molecule has 1 fully saturated rings. The molecule has 1 N–H and O–H groups in total. The van der Waals surface area contributed by atoms with Crippen LogP contribution in [0.15, 0.2) is 77.7 Å². The van der Waals surface area contributed by atoms with Crippen molar-refractivity contribution < 1.29 is 17.7 Å². The molecule has 2 atom stereocenters. The minimum atomic E-state index is -3.99. The van der Waals surface area contributed by atoms with Gasteiger partial charge in [-0.1, -0.05) is 73.5 Å². The highest BCUT2D eigenvalue weighted by molar-refractivity contribution is 7.86. The fraction of sp³-hybridized carbons (Fsp3) is 0.273. The van der Waals surface area contributed by atoms with Gasteiger partial charge in [0.2, 0.25) is 0 Å². The molecular formula is C22H22O4S. The molecule has 1 saturated carbocycles. The van der Waals surface area contributed by atoms with Crippen LogP contribution in [0.4, 0.5) is 0 Å². The molecule has 1 aliphatic rings. The predicted molar refractivity (Wildman–Crippen MR) is 105 cm³/mol. The van der Waals surface area contributed by atoms with E-state index in [2.05, 4.69) is 0 Å². The van der Waals surface area contributed by atoms with Crippen LogP contribution in [-0.4, -0.2) is 19.6 Å². The highest BCUT2D eigenvalue weighted by Gasteiger charge is 2.43. The molecule has 1 aliphatic carbocycles. The maximum Gasteiger partial charge on any atom is 0.297 e. The molecule has 27 heavy (non-hydrogen) atoms. The van der Waals surface area contributed by atoms with Gasteiger partial charge in [0, 0.05) is 0 Å². The number of aliphatic hydroxyl groups is 1. The average molecular weight is 382 g/mol. The van der Waals surface area contributed by atoms with Gasteiger partial charge < -0.3 is 5.11 Å². The second-order valence-corrected chi connectivity index (χ2v) is 8.66. The van der Waals surface area contributed by atoms with Gasteiger partial charge in [0.25, 0.3) is 10.1 Å². The lowest BCUT2D eigenvalue weighted by Crippen LogP contribution is -2.44. The van der Waals surface area contributed by atoms with Crippen LogP contribution < -0.4 is 0 Å². The third-order valence-corrected chi connectivity index (χ3v) is 6.65. The highest BCUT2D eigenvalue weighted by Crippen LogP contribution is 2.40. The van der Waals surface area contributed by atoms with Gasteiger partial charge in [-0.15, -0.1) is 0 Å². The van der Waals surface area contributed by atoms with Crippen molar-refractivity contribution in [2.24, 2.45) is 0 Å². The van der Waals surface area contributed by atoms with Gasteiger partial charge in [0.1, 0.15) is 11.7 Å². The van der Waals surface area contributed by atoms with Gasteiger partial charge in [-0.2, -0.15) is 8.42 Å². The Kier molecular flexibility index (Phi) is 4.76. The first-order chi connectivity index (χ1) is 13.0. The molecular weight excluding hydrogens is 360 g/mol. The Labute approximate surface area is 159 Å². The van der Waals surface area contributed by atoms with E-state index in [0.717, 1.165) is 23.6 Å². The molecule has 5 heteroatoms. The van der Waals surface area contributed by atoms with Crippen molar-refractivity contribution in [3.8, 4) is 0 Å². The lowest BCUT2D eigenvalue weighted by atomic mass is 9.77. The van der Waals surface area contributed by atoms with E-state index in [9.17, 15) is 13.5 Å². The van der Waals surface area contributed by atoms with E-state index >= 15 is 0 Å². The summed E-state index contributed by atoms with van der Waals surface area (Å²) in [6, 6.07) is 21.7. The summed E-state index contributed by atoms with van der Waals surface area (Å²) in [4.78, 5) is 0.113. The first-order valence-electron chi connectivity index (χ1n) is 9.19. The number of fused-ring (bicyclic) bond motifs is 1. The zero-order valence-electron chi connectivity index (χ0n) is 14.9. The summed E-state index contributed by atoms with van der Waals surface area (Å²) in [5.41, 5.74) is -0.605. The van der Waals surface area contributed by atoms with E-state index in [4.69, 9.17) is 4.18 Å². The number of hydrogen-bond acceptors (Lipinski definition) is 4. The molecule has 0 aliphatic heterocycles. The van der Waals surface area contributed by atoms with Gasteiger partial charge in [-0.3, -0.25) is 4.18 Å². The number of rotatable bonds is 4. The summed E-state index contributed by atoms with van der Waals surface area (Å²) in [5.74, 6) is 0. The van der Waals surface area contributed by atoms with Crippen molar-refractivity contribution in [2.75, 3.05) is 0 Å². The molecule has 0 spiro atoms. The van der Waals surface area contributed by atoms with E-state index in [0.29, 0.717) is 18.4 Å². The van der Waals surface area contributed by atoms with E-state index in [1.807, 2.05) is 54.6 Å². The maximum atomic E-state index is 12.9. The fourth-order valence-corrected chi connectivity index (χ4v) is 5.02. The smallest absolute Gasteiger partial charge is 0.297 e. The van der Waals surface area contributed by atoms with Crippen molar-refractivity contribution in [2.45, 2.75) is 42.3 Å². The van der Waals surface area contributed by atoms with Gasteiger partial charge in [-0.05, 0) is 41.3 Å². The molecule has 0 unspecified atom stereocenters. The number of benzene rings is 3. The summed E-state index contributed by atoms with van der Waals surface area (Å²) in [7, 11) is -3.99. The standard InChI is InChI=1S/C22H22O4S/c23-22(19-10-2-1-3-11-19)15-7-6-12-21(22)26-27(24,25)20-14-13-17-8-4-5-9-18(17)16-20/h1-5,8-11,13-14,16,21,23H,6-7,12,15H2/t21-,22-/m1/s1. The van der Waals surface area contributed by atoms with E-state index in [1.165, 1.54) is 0 Å². The molecule has 4 nitrogen and oxygen atoms in total. The zero-order valence-corrected chi connectivity index (χ0v) is 15.7. The van der Waals surface area contributed by atoms with Crippen molar-refractivity contribution in [1.82, 2.24) is 0 Å². The first kappa shape index (κ1) is 18.2. The third kappa shape index (κ3) is 3.50. The van der Waals surface area contributed by atoms with Crippen molar-refractivity contribution in [1.29, 1.82) is 0 Å². The third-order valence-electron chi connectivity index (χ3n) is 5.33. The normalized spacial score (nSPS) is 23.4. The fourth-order valence-electron chi connectivity index (χ4n) is 3.84. The van der Waals surface area contributed by atoms with Crippen molar-refractivity contribution in [3.63, 3.8) is 0 Å². The molecule has 0 heterocycles. The molecule has 0 amide bonds. The molecule has 0 bridgehead atoms. The van der Waals surface area contributed by atoms with E-state index in [1.54, 1.807) is 18.2 Å². The molecule has 3 aromatic carbocycles. The Morgan fingerprint density at radius 2 is 1.59 bits per heavy atom. The summed E-state index contributed by atoms with van der Waals surface area (Å²) in [6.45, 7) is 0. The van der Waals surface area contributed by atoms with Crippen LogP contribution in [0.2, 0.25) is 0 Å². The van der Waals surface area contributed by atoms with Crippen LogP contribution in [0.5, 0.6) is 0 Å². The van der Waals surface area contributed by atoms with Crippen molar-refractivity contribution >= 4 is 20.9 Å². The lowest BCUT2D eigenvalue weighted by molar-refractivity contribution is -0.0910. The Bertz CT molecular complexity index is 1050. The summed E-state index contributed by atoms with van der Waals surface area (Å²) >= 11 is 0. The largest absolute Gasteiger partial charge is 0.382 e. The Balaban J connectivity index is 1.67.